The van der Waals surface area contributed by atoms with Crippen LogP contribution in [0.3, 0.4) is 0 Å². The minimum absolute atomic E-state index is 0.116. The minimum Gasteiger partial charge on any atom is -0.474 e. The second-order valence-corrected chi connectivity index (χ2v) is 6.03. The van der Waals surface area contributed by atoms with Crippen LogP contribution in [0.5, 0.6) is 5.88 Å². The van der Waals surface area contributed by atoms with Crippen LogP contribution in [0.25, 0.3) is 0 Å². The van der Waals surface area contributed by atoms with Crippen molar-refractivity contribution in [1.29, 1.82) is 0 Å². The van der Waals surface area contributed by atoms with E-state index in [1.54, 1.807) is 36.7 Å². The molecule has 2 aromatic heterocycles. The highest BCUT2D eigenvalue weighted by Gasteiger charge is 2.24. The average molecular weight is 332 g/mol. The molecule has 0 aliphatic heterocycles. The summed E-state index contributed by atoms with van der Waals surface area (Å²) in [7, 11) is 0. The van der Waals surface area contributed by atoms with Crippen LogP contribution in [0.2, 0.25) is 5.02 Å². The number of amides is 1. The topological polar surface area (TPSA) is 64.1 Å². The molecule has 1 saturated carbocycles. The zero-order chi connectivity index (χ0) is 16.1. The molecule has 1 aliphatic carbocycles. The molecule has 0 spiro atoms. The third kappa shape index (κ3) is 4.42. The summed E-state index contributed by atoms with van der Waals surface area (Å²) in [5.41, 5.74) is 0.455. The number of pyridine rings is 2. The van der Waals surface area contributed by atoms with E-state index in [-0.39, 0.29) is 18.1 Å². The Kier molecular flexibility index (Phi) is 5.08. The van der Waals surface area contributed by atoms with Gasteiger partial charge in [0.1, 0.15) is 11.8 Å². The number of nitrogens with zero attached hydrogens (tertiary/aromatic N) is 2. The molecular formula is C17H18ClN3O2. The van der Waals surface area contributed by atoms with Crippen molar-refractivity contribution in [1.82, 2.24) is 15.3 Å². The lowest BCUT2D eigenvalue weighted by molar-refractivity contribution is 0.0885. The first-order valence-corrected chi connectivity index (χ1v) is 8.08. The predicted molar refractivity (Wildman–Crippen MR) is 87.6 cm³/mol. The summed E-state index contributed by atoms with van der Waals surface area (Å²) in [4.78, 5) is 20.3. The number of hydrogen-bond acceptors (Lipinski definition) is 4. The average Bonchev–Trinajstić information content (AvgIpc) is 2.59. The number of nitrogens with one attached hydrogen (secondary N) is 1. The van der Waals surface area contributed by atoms with Crippen molar-refractivity contribution in [3.63, 3.8) is 0 Å². The van der Waals surface area contributed by atoms with E-state index in [2.05, 4.69) is 15.3 Å². The van der Waals surface area contributed by atoms with Crippen molar-refractivity contribution in [3.05, 3.63) is 53.4 Å². The van der Waals surface area contributed by atoms with Gasteiger partial charge in [-0.1, -0.05) is 17.7 Å². The predicted octanol–water partition coefficient (Wildman–Crippen LogP) is 3.25. The van der Waals surface area contributed by atoms with Gasteiger partial charge in [-0.05, 0) is 43.9 Å². The number of ether oxygens (including phenoxy) is 1. The number of rotatable bonds is 4. The SMILES string of the molecule is O=C(NC1CCC(Oc2ccc(Cl)cn2)CC1)c1ccccn1. The second-order valence-electron chi connectivity index (χ2n) is 5.59. The Morgan fingerprint density at radius 2 is 1.96 bits per heavy atom. The van der Waals surface area contributed by atoms with E-state index in [1.165, 1.54) is 0 Å². The first-order chi connectivity index (χ1) is 11.2. The molecule has 5 nitrogen and oxygen atoms in total. The molecule has 2 heterocycles. The Labute approximate surface area is 140 Å². The summed E-state index contributed by atoms with van der Waals surface area (Å²) in [5, 5.41) is 3.63. The number of halogens is 1. The van der Waals surface area contributed by atoms with E-state index in [4.69, 9.17) is 16.3 Å². The van der Waals surface area contributed by atoms with Crippen LogP contribution in [-0.4, -0.2) is 28.0 Å². The molecule has 6 heteroatoms. The van der Waals surface area contributed by atoms with Gasteiger partial charge in [0.25, 0.3) is 5.91 Å². The van der Waals surface area contributed by atoms with Crippen molar-refractivity contribution < 1.29 is 9.53 Å². The number of carbonyl (C=O) groups excluding carboxylic acids is 1. The van der Waals surface area contributed by atoms with Crippen molar-refractivity contribution in [2.45, 2.75) is 37.8 Å². The molecule has 2 aromatic rings. The molecule has 0 bridgehead atoms. The summed E-state index contributed by atoms with van der Waals surface area (Å²) in [5.74, 6) is 0.477. The molecule has 0 saturated heterocycles. The fraction of sp³-hybridized carbons (Fsp3) is 0.353. The Morgan fingerprint density at radius 1 is 1.13 bits per heavy atom. The maximum atomic E-state index is 12.1. The van der Waals surface area contributed by atoms with Crippen LogP contribution < -0.4 is 10.1 Å². The Bertz CT molecular complexity index is 641. The van der Waals surface area contributed by atoms with Crippen molar-refractivity contribution in [3.8, 4) is 5.88 Å². The van der Waals surface area contributed by atoms with Crippen LogP contribution in [0, 0.1) is 0 Å². The van der Waals surface area contributed by atoms with Gasteiger partial charge in [0.05, 0.1) is 5.02 Å². The number of hydrogen-bond donors (Lipinski definition) is 1. The molecule has 1 N–H and O–H groups in total. The van der Waals surface area contributed by atoms with Gasteiger partial charge in [0.15, 0.2) is 0 Å². The zero-order valence-corrected chi connectivity index (χ0v) is 13.4. The monoisotopic (exact) mass is 331 g/mol. The molecule has 0 aromatic carbocycles. The van der Waals surface area contributed by atoms with Gasteiger partial charge in [-0.25, -0.2) is 4.98 Å². The molecule has 0 radical (unpaired) electrons. The number of carbonyl (C=O) groups is 1. The largest absolute Gasteiger partial charge is 0.474 e. The zero-order valence-electron chi connectivity index (χ0n) is 12.6. The summed E-state index contributed by atoms with van der Waals surface area (Å²) in [6, 6.07) is 9.04. The Balaban J connectivity index is 1.47. The molecule has 1 fully saturated rings. The van der Waals surface area contributed by atoms with Crippen molar-refractivity contribution in [2.75, 3.05) is 0 Å². The fourth-order valence-electron chi connectivity index (χ4n) is 2.68. The van der Waals surface area contributed by atoms with Gasteiger partial charge in [-0.15, -0.1) is 0 Å². The van der Waals surface area contributed by atoms with Crippen LogP contribution in [0.15, 0.2) is 42.7 Å². The lowest BCUT2D eigenvalue weighted by Gasteiger charge is -2.29. The van der Waals surface area contributed by atoms with Crippen molar-refractivity contribution in [2.24, 2.45) is 0 Å². The van der Waals surface area contributed by atoms with E-state index in [1.807, 2.05) is 6.07 Å². The summed E-state index contributed by atoms with van der Waals surface area (Å²) < 4.78 is 5.85. The van der Waals surface area contributed by atoms with Gasteiger partial charge in [0, 0.05) is 24.5 Å². The highest BCUT2D eigenvalue weighted by atomic mass is 35.5. The van der Waals surface area contributed by atoms with Crippen LogP contribution >= 0.6 is 11.6 Å². The molecule has 3 rings (SSSR count). The molecule has 1 aliphatic rings. The van der Waals surface area contributed by atoms with E-state index in [0.717, 1.165) is 25.7 Å². The molecular weight excluding hydrogens is 314 g/mol. The smallest absolute Gasteiger partial charge is 0.270 e. The van der Waals surface area contributed by atoms with E-state index >= 15 is 0 Å². The second kappa shape index (κ2) is 7.42. The molecule has 0 atom stereocenters. The minimum atomic E-state index is -0.116. The first kappa shape index (κ1) is 15.7. The molecule has 120 valence electrons. The standard InChI is InChI=1S/C17H18ClN3O2/c18-12-4-9-16(20-11-12)23-14-7-5-13(6-8-14)21-17(22)15-3-1-2-10-19-15/h1-4,9-11,13-14H,5-8H2,(H,21,22). The highest BCUT2D eigenvalue weighted by Crippen LogP contribution is 2.23. The fourth-order valence-corrected chi connectivity index (χ4v) is 2.80. The molecule has 1 amide bonds. The van der Waals surface area contributed by atoms with E-state index in [0.29, 0.717) is 16.6 Å². The van der Waals surface area contributed by atoms with Crippen molar-refractivity contribution >= 4 is 17.5 Å². The number of aromatic nitrogens is 2. The summed E-state index contributed by atoms with van der Waals surface area (Å²) >= 11 is 5.81. The van der Waals surface area contributed by atoms with Gasteiger partial charge < -0.3 is 10.1 Å². The quantitative estimate of drug-likeness (QED) is 0.934. The van der Waals surface area contributed by atoms with Gasteiger partial charge in [-0.3, -0.25) is 9.78 Å². The van der Waals surface area contributed by atoms with Gasteiger partial charge in [-0.2, -0.15) is 0 Å². The van der Waals surface area contributed by atoms with E-state index < -0.39 is 0 Å². The normalized spacial score (nSPS) is 20.7. The summed E-state index contributed by atoms with van der Waals surface area (Å²) in [6.45, 7) is 0. The third-order valence-corrected chi connectivity index (χ3v) is 4.12. The molecule has 0 unspecified atom stereocenters. The van der Waals surface area contributed by atoms with E-state index in [9.17, 15) is 4.79 Å². The highest BCUT2D eigenvalue weighted by molar-refractivity contribution is 6.30. The maximum absolute atomic E-state index is 12.1. The lowest BCUT2D eigenvalue weighted by Crippen LogP contribution is -2.40. The Morgan fingerprint density at radius 3 is 2.61 bits per heavy atom. The first-order valence-electron chi connectivity index (χ1n) is 7.71. The van der Waals surface area contributed by atoms with Gasteiger partial charge in [0.2, 0.25) is 5.88 Å². The summed E-state index contributed by atoms with van der Waals surface area (Å²) in [6.07, 6.45) is 6.88. The van der Waals surface area contributed by atoms with Crippen LogP contribution in [0.1, 0.15) is 36.2 Å². The molecule has 23 heavy (non-hydrogen) atoms. The Hall–Kier alpha value is -2.14. The third-order valence-electron chi connectivity index (χ3n) is 3.89. The maximum Gasteiger partial charge on any atom is 0.270 e. The van der Waals surface area contributed by atoms with Gasteiger partial charge >= 0.3 is 0 Å². The lowest BCUT2D eigenvalue weighted by atomic mass is 9.93. The van der Waals surface area contributed by atoms with Crippen LogP contribution in [-0.2, 0) is 0 Å². The van der Waals surface area contributed by atoms with Crippen LogP contribution in [0.4, 0.5) is 0 Å².